The van der Waals surface area contributed by atoms with Gasteiger partial charge in [0.15, 0.2) is 0 Å². The van der Waals surface area contributed by atoms with Gasteiger partial charge in [-0.3, -0.25) is 4.39 Å². The fourth-order valence-corrected chi connectivity index (χ4v) is 10.4. The van der Waals surface area contributed by atoms with Crippen LogP contribution in [0.4, 0.5) is 8.78 Å². The van der Waals surface area contributed by atoms with Gasteiger partial charge in [0.25, 0.3) is 0 Å². The van der Waals surface area contributed by atoms with Crippen LogP contribution >= 0.6 is 63.6 Å². The Morgan fingerprint density at radius 3 is 1.49 bits per heavy atom. The average Bonchev–Trinajstić information content (AvgIpc) is 4.18. The minimum atomic E-state index is -0.632. The Morgan fingerprint density at radius 1 is 0.580 bits per heavy atom. The van der Waals surface area contributed by atoms with Crippen LogP contribution in [0.2, 0.25) is 0 Å². The quantitative estimate of drug-likeness (QED) is 0.0412. The van der Waals surface area contributed by atoms with E-state index in [1.54, 1.807) is 93.6 Å². The molecule has 0 spiro atoms. The van der Waals surface area contributed by atoms with Crippen molar-refractivity contribution < 1.29 is 72.8 Å². The number of methoxy groups -OCH3 is 3. The molecule has 7 aromatic rings. The molecule has 0 N–H and O–H groups in total. The van der Waals surface area contributed by atoms with Gasteiger partial charge in [-0.2, -0.15) is 18.6 Å². The number of esters is 5. The van der Waals surface area contributed by atoms with E-state index in [2.05, 4.69) is 74.7 Å². The van der Waals surface area contributed by atoms with Crippen molar-refractivity contribution in [3.8, 4) is 22.3 Å². The van der Waals surface area contributed by atoms with Crippen molar-refractivity contribution in [3.05, 3.63) is 172 Å². The fraction of sp³-hybridized carbons (Fsp3) is 0.350. The van der Waals surface area contributed by atoms with E-state index in [4.69, 9.17) is 14.2 Å². The second kappa shape index (κ2) is 34.1. The number of aromatic nitrogens is 3. The second-order valence-corrected chi connectivity index (χ2v) is 23.6. The van der Waals surface area contributed by atoms with Gasteiger partial charge in [-0.15, -0.1) is 28.7 Å². The molecule has 4 aromatic carbocycles. The Morgan fingerprint density at radius 2 is 1.02 bits per heavy atom. The molecule has 0 atom stereocenters. The van der Waals surface area contributed by atoms with Crippen LogP contribution in [0.25, 0.3) is 22.3 Å². The van der Waals surface area contributed by atoms with Crippen LogP contribution in [-0.2, 0) is 65.7 Å². The predicted molar refractivity (Wildman–Crippen MR) is 320 cm³/mol. The first-order valence-corrected chi connectivity index (χ1v) is 35.8. The Bertz CT molecular complexity index is 3210. The molecule has 3 aromatic heterocycles. The van der Waals surface area contributed by atoms with Gasteiger partial charge in [0.1, 0.15) is 17.0 Å². The maximum absolute atomic E-state index is 15.2. The molecule has 13 nitrogen and oxygen atoms in total. The number of thiazole rings is 3. The Balaban J connectivity index is 0.000000306. The molecule has 7 rings (SSSR count). The van der Waals surface area contributed by atoms with E-state index in [-0.39, 0.29) is 22.8 Å². The molecule has 0 bridgehead atoms. The zero-order valence-corrected chi connectivity index (χ0v) is 56.3. The van der Waals surface area contributed by atoms with Gasteiger partial charge in [0, 0.05) is 22.5 Å². The number of nitrogens with zero attached hydrogens (tertiary/aromatic N) is 3. The third kappa shape index (κ3) is 22.3. The molecule has 0 unspecified atom stereocenters. The van der Waals surface area contributed by atoms with E-state index in [1.165, 1.54) is 83.8 Å². The molecule has 3 heterocycles. The first-order valence-electron chi connectivity index (χ1n) is 25.5. The first kappa shape index (κ1) is 69.7. The molecule has 0 aliphatic heterocycles. The van der Waals surface area contributed by atoms with Gasteiger partial charge in [0.2, 0.25) is 15.0 Å². The fourth-order valence-electron chi connectivity index (χ4n) is 7.12. The zero-order valence-electron chi connectivity index (χ0n) is 47.7. The summed E-state index contributed by atoms with van der Waals surface area (Å²) in [5.74, 6) is -2.86. The summed E-state index contributed by atoms with van der Waals surface area (Å²) in [6.45, 7) is 20.6. The number of aryl methyl sites for hydroxylation is 3. The van der Waals surface area contributed by atoms with Crippen LogP contribution in [0, 0.1) is 18.6 Å². The number of rotatable bonds is 15. The standard InChI is InChI=1S/C26H28FNO4S.C18H18FO2.C8H10BrNO2S.C8H11NO2S.BrH.Zn/c1-6-9-21-22(33-23(28-21)25(30)31-5)15-17-13-12-16(14-20(17)27)18-10-7-8-11-19(18)24(29)32-26(2,3)4;1-12-9-10-13(11-16(12)19)14-7-5-6-8-15(14)17(20)21-18(2,3)4;1-3-4-5-6(9)13-7(10-5)8(11)12-2;1-3-4-6-5-12-7(9-6)8(10)11-2;;/h7-8,10-14H,6,9,15H2,1-5H3;5-11H,1H2,2-4H3;3-4H2,1-2H3;5H,3-4H2,1-2H3;1H;/q;-1;;;;+2/p-1. The SMILES string of the molecule is CCCc1csc(C(=O)OC)n1.CCCc1nc(C(=O)OC)sc1Br.CCCc1nc(C(=O)OC)sc1Cc1ccc(-c2ccccc2C(=O)OC(C)(C)C)cc1F.[CH2-]c1ccc(-c2ccccc2C(=O)OC(C)(C)C)cc1F.[Zn+][Br]. The van der Waals surface area contributed by atoms with Crippen molar-refractivity contribution in [1.82, 2.24) is 15.0 Å². The third-order valence-corrected chi connectivity index (χ3v) is 14.5. The van der Waals surface area contributed by atoms with Gasteiger partial charge < -0.3 is 23.7 Å². The topological polar surface area (TPSA) is 170 Å². The van der Waals surface area contributed by atoms with Crippen LogP contribution in [0.15, 0.2) is 94.1 Å². The number of carbonyl (C=O) groups is 5. The molecule has 0 aliphatic carbocycles. The first-order chi connectivity index (χ1) is 38.4. The normalized spacial score (nSPS) is 10.7. The van der Waals surface area contributed by atoms with E-state index in [0.29, 0.717) is 67.4 Å². The van der Waals surface area contributed by atoms with Crippen molar-refractivity contribution in [2.24, 2.45) is 0 Å². The summed E-state index contributed by atoms with van der Waals surface area (Å²) in [5, 5.41) is 3.04. The van der Waals surface area contributed by atoms with Crippen molar-refractivity contribution in [1.29, 1.82) is 0 Å². The van der Waals surface area contributed by atoms with Crippen molar-refractivity contribution >= 4 is 93.4 Å². The Hall–Kier alpha value is -5.57. The summed E-state index contributed by atoms with van der Waals surface area (Å²) in [5.41, 5.74) is 5.59. The molecule has 0 aliphatic rings. The number of benzene rings is 4. The number of hydrogen-bond donors (Lipinski definition) is 0. The molecule has 81 heavy (non-hydrogen) atoms. The molecular weight excluding hydrogens is 1280 g/mol. The van der Waals surface area contributed by atoms with Crippen LogP contribution < -0.4 is 0 Å². The predicted octanol–water partition coefficient (Wildman–Crippen LogP) is 16.2. The summed E-state index contributed by atoms with van der Waals surface area (Å²) in [6, 6.07) is 23.7. The maximum atomic E-state index is 15.2. The number of hydrogen-bond acceptors (Lipinski definition) is 16. The molecular formula is C60H67Br2F2N3O10S3Zn. The summed E-state index contributed by atoms with van der Waals surface area (Å²) < 4.78 is 54.6. The average molecular weight is 1350 g/mol. The second-order valence-electron chi connectivity index (χ2n) is 19.4. The molecule has 0 fully saturated rings. The van der Waals surface area contributed by atoms with Gasteiger partial charge in [-0.1, -0.05) is 106 Å². The van der Waals surface area contributed by atoms with E-state index >= 15 is 4.39 Å². The summed E-state index contributed by atoms with van der Waals surface area (Å²) in [6.07, 6.45) is 5.75. The van der Waals surface area contributed by atoms with E-state index in [9.17, 15) is 28.4 Å². The van der Waals surface area contributed by atoms with Crippen molar-refractivity contribution in [2.75, 3.05) is 21.3 Å². The number of carbonyl (C=O) groups excluding carboxylic acids is 5. The van der Waals surface area contributed by atoms with Gasteiger partial charge in [-0.25, -0.2) is 43.3 Å². The molecule has 0 saturated heterocycles. The molecule has 0 amide bonds. The van der Waals surface area contributed by atoms with Crippen LogP contribution in [-0.4, -0.2) is 77.3 Å². The van der Waals surface area contributed by atoms with Crippen molar-refractivity contribution in [3.63, 3.8) is 0 Å². The summed E-state index contributed by atoms with van der Waals surface area (Å²) >= 11 is 11.5. The summed E-state index contributed by atoms with van der Waals surface area (Å²) in [4.78, 5) is 72.4. The van der Waals surface area contributed by atoms with E-state index in [0.717, 1.165) is 57.8 Å². The van der Waals surface area contributed by atoms with Crippen LogP contribution in [0.5, 0.6) is 0 Å². The van der Waals surface area contributed by atoms with Gasteiger partial charge in [0.05, 0.1) is 53.3 Å². The van der Waals surface area contributed by atoms with Crippen molar-refractivity contribution in [2.45, 2.75) is 118 Å². The van der Waals surface area contributed by atoms with Crippen LogP contribution in [0.1, 0.15) is 165 Å². The Labute approximate surface area is 511 Å². The van der Waals surface area contributed by atoms with Gasteiger partial charge >= 0.3 is 59.8 Å². The number of ether oxygens (including phenoxy) is 5. The zero-order chi connectivity index (χ0) is 60.6. The molecule has 0 radical (unpaired) electrons. The van der Waals surface area contributed by atoms with E-state index < -0.39 is 34.9 Å². The summed E-state index contributed by atoms with van der Waals surface area (Å²) in [7, 11) is 4.04. The number of halogens is 4. The third-order valence-electron chi connectivity index (χ3n) is 10.7. The molecule has 430 valence electrons. The monoisotopic (exact) mass is 1350 g/mol. The minimum absolute atomic E-state index is 0.277. The van der Waals surface area contributed by atoms with Gasteiger partial charge in [-0.05, 0) is 123 Å². The molecule has 21 heteroatoms. The molecule has 0 saturated carbocycles. The van der Waals surface area contributed by atoms with E-state index in [1.807, 2.05) is 33.1 Å². The van der Waals surface area contributed by atoms with Crippen LogP contribution in [0.3, 0.4) is 0 Å². The Kier molecular flexibility index (Phi) is 29.4.